The summed E-state index contributed by atoms with van der Waals surface area (Å²) in [5, 5.41) is 0. The van der Waals surface area contributed by atoms with Crippen LogP contribution in [-0.2, 0) is 11.2 Å². The quantitative estimate of drug-likeness (QED) is 0.0573. The van der Waals surface area contributed by atoms with Crippen molar-refractivity contribution >= 4 is 5.97 Å². The van der Waals surface area contributed by atoms with E-state index >= 15 is 0 Å². The number of esters is 1. The molecule has 0 aliphatic heterocycles. The molecule has 0 spiro atoms. The van der Waals surface area contributed by atoms with Gasteiger partial charge in [0.1, 0.15) is 5.75 Å². The molecule has 0 radical (unpaired) electrons. The maximum Gasteiger partial charge on any atom is 0.343 e. The van der Waals surface area contributed by atoms with Crippen LogP contribution in [0.5, 0.6) is 5.75 Å². The van der Waals surface area contributed by atoms with Gasteiger partial charge < -0.3 is 9.47 Å². The van der Waals surface area contributed by atoms with Crippen molar-refractivity contribution in [1.82, 2.24) is 0 Å². The Kier molecular flexibility index (Phi) is 18.3. The molecular weight excluding hydrogens is 552 g/mol. The summed E-state index contributed by atoms with van der Waals surface area (Å²) in [6.45, 7) is 7.36. The average Bonchev–Trinajstić information content (AvgIpc) is 3.07. The summed E-state index contributed by atoms with van der Waals surface area (Å²) < 4.78 is 11.7. The van der Waals surface area contributed by atoms with Crippen molar-refractivity contribution in [3.8, 4) is 16.9 Å². The Hall–Kier alpha value is -2.91. The standard InChI is InChI=1S/C42H60O3/c1-4-6-7-8-9-10-11-12-13-14-15-16-17-18-19-20-34-44-35(3)37-30-32-41(33-31-37)45-42(43)40-28-26-39(27-29-40)38-24-22-36(21-5-2)23-25-38/h22-33,35H,4-21,34H2,1-3H3. The Balaban J connectivity index is 1.22. The SMILES string of the molecule is CCCCCCCCCCCCCCCCCCOC(C)c1ccc(OC(=O)c2ccc(-c3ccc(CCC)cc3)cc2)cc1. The molecule has 246 valence electrons. The lowest BCUT2D eigenvalue weighted by molar-refractivity contribution is 0.0627. The first kappa shape index (κ1) is 36.6. The van der Waals surface area contributed by atoms with Crippen molar-refractivity contribution in [3.05, 3.63) is 89.5 Å². The van der Waals surface area contributed by atoms with Crippen LogP contribution in [-0.4, -0.2) is 12.6 Å². The van der Waals surface area contributed by atoms with E-state index in [-0.39, 0.29) is 12.1 Å². The fourth-order valence-electron chi connectivity index (χ4n) is 5.93. The van der Waals surface area contributed by atoms with E-state index in [1.54, 1.807) is 0 Å². The topological polar surface area (TPSA) is 35.5 Å². The summed E-state index contributed by atoms with van der Waals surface area (Å²) in [6, 6.07) is 24.0. The van der Waals surface area contributed by atoms with Crippen molar-refractivity contribution in [2.24, 2.45) is 0 Å². The van der Waals surface area contributed by atoms with Gasteiger partial charge in [-0.25, -0.2) is 4.79 Å². The zero-order chi connectivity index (χ0) is 32.0. The number of unbranched alkanes of at least 4 members (excludes halogenated alkanes) is 15. The Bertz CT molecular complexity index is 1160. The number of hydrogen-bond donors (Lipinski definition) is 0. The number of hydrogen-bond acceptors (Lipinski definition) is 3. The largest absolute Gasteiger partial charge is 0.423 e. The van der Waals surface area contributed by atoms with Crippen LogP contribution < -0.4 is 4.74 Å². The maximum absolute atomic E-state index is 12.7. The van der Waals surface area contributed by atoms with Crippen LogP contribution in [0.1, 0.15) is 158 Å². The van der Waals surface area contributed by atoms with E-state index in [1.165, 1.54) is 102 Å². The molecule has 0 saturated carbocycles. The van der Waals surface area contributed by atoms with E-state index in [4.69, 9.17) is 9.47 Å². The van der Waals surface area contributed by atoms with Crippen LogP contribution in [0.25, 0.3) is 11.1 Å². The lowest BCUT2D eigenvalue weighted by atomic mass is 10.0. The van der Waals surface area contributed by atoms with Crippen LogP contribution in [0.3, 0.4) is 0 Å². The van der Waals surface area contributed by atoms with Gasteiger partial charge in [-0.05, 0) is 66.3 Å². The van der Waals surface area contributed by atoms with Crippen molar-refractivity contribution < 1.29 is 14.3 Å². The molecule has 0 aliphatic rings. The third kappa shape index (κ3) is 14.8. The highest BCUT2D eigenvalue weighted by Crippen LogP contribution is 2.24. The third-order valence-electron chi connectivity index (χ3n) is 8.87. The summed E-state index contributed by atoms with van der Waals surface area (Å²) in [6.07, 6.45) is 24.3. The van der Waals surface area contributed by atoms with E-state index in [0.717, 1.165) is 42.6 Å². The number of carbonyl (C=O) groups is 1. The fraction of sp³-hybridized carbons (Fsp3) is 0.548. The predicted octanol–water partition coefficient (Wildman–Crippen LogP) is 12.9. The molecule has 0 fully saturated rings. The smallest absolute Gasteiger partial charge is 0.343 e. The van der Waals surface area contributed by atoms with Gasteiger partial charge in [-0.15, -0.1) is 0 Å². The number of benzene rings is 3. The molecule has 0 aromatic heterocycles. The zero-order valence-electron chi connectivity index (χ0n) is 28.7. The van der Waals surface area contributed by atoms with Gasteiger partial charge in [-0.2, -0.15) is 0 Å². The number of aryl methyl sites for hydroxylation is 1. The van der Waals surface area contributed by atoms with Crippen LogP contribution in [0.15, 0.2) is 72.8 Å². The second-order valence-electron chi connectivity index (χ2n) is 12.8. The summed E-state index contributed by atoms with van der Waals surface area (Å²) in [7, 11) is 0. The van der Waals surface area contributed by atoms with Crippen molar-refractivity contribution in [1.29, 1.82) is 0 Å². The molecule has 3 nitrogen and oxygen atoms in total. The monoisotopic (exact) mass is 612 g/mol. The van der Waals surface area contributed by atoms with Crippen molar-refractivity contribution in [2.45, 2.75) is 142 Å². The van der Waals surface area contributed by atoms with Crippen LogP contribution in [0, 0.1) is 0 Å². The highest BCUT2D eigenvalue weighted by Gasteiger charge is 2.11. The van der Waals surface area contributed by atoms with E-state index in [9.17, 15) is 4.79 Å². The Morgan fingerprint density at radius 3 is 1.51 bits per heavy atom. The van der Waals surface area contributed by atoms with E-state index < -0.39 is 0 Å². The summed E-state index contributed by atoms with van der Waals surface area (Å²) >= 11 is 0. The minimum atomic E-state index is -0.347. The van der Waals surface area contributed by atoms with Gasteiger partial charge >= 0.3 is 5.97 Å². The summed E-state index contributed by atoms with van der Waals surface area (Å²) in [5.74, 6) is 0.199. The average molecular weight is 613 g/mol. The third-order valence-corrected chi connectivity index (χ3v) is 8.87. The van der Waals surface area contributed by atoms with Gasteiger partial charge in [0.05, 0.1) is 11.7 Å². The minimum absolute atomic E-state index is 0.0228. The van der Waals surface area contributed by atoms with Crippen LogP contribution >= 0.6 is 0 Å². The van der Waals surface area contributed by atoms with Gasteiger partial charge in [-0.3, -0.25) is 0 Å². The fourth-order valence-corrected chi connectivity index (χ4v) is 5.93. The Morgan fingerprint density at radius 1 is 0.556 bits per heavy atom. The zero-order valence-corrected chi connectivity index (χ0v) is 28.7. The van der Waals surface area contributed by atoms with Gasteiger partial charge in [0.2, 0.25) is 0 Å². The molecule has 3 aromatic carbocycles. The Morgan fingerprint density at radius 2 is 1.02 bits per heavy atom. The first-order valence-electron chi connectivity index (χ1n) is 18.2. The lowest BCUT2D eigenvalue weighted by Gasteiger charge is -2.14. The highest BCUT2D eigenvalue weighted by atomic mass is 16.5. The van der Waals surface area contributed by atoms with E-state index in [0.29, 0.717) is 11.3 Å². The molecule has 1 atom stereocenters. The van der Waals surface area contributed by atoms with Gasteiger partial charge in [0, 0.05) is 6.61 Å². The highest BCUT2D eigenvalue weighted by molar-refractivity contribution is 5.91. The first-order valence-corrected chi connectivity index (χ1v) is 18.2. The van der Waals surface area contributed by atoms with E-state index in [2.05, 4.69) is 45.0 Å². The van der Waals surface area contributed by atoms with Gasteiger partial charge in [0.15, 0.2) is 0 Å². The van der Waals surface area contributed by atoms with Crippen LogP contribution in [0.2, 0.25) is 0 Å². The van der Waals surface area contributed by atoms with Gasteiger partial charge in [-0.1, -0.05) is 165 Å². The molecular formula is C42H60O3. The normalized spacial score (nSPS) is 11.9. The predicted molar refractivity (Wildman–Crippen MR) is 191 cm³/mol. The molecule has 3 rings (SSSR count). The number of carbonyl (C=O) groups excluding carboxylic acids is 1. The van der Waals surface area contributed by atoms with E-state index in [1.807, 2.05) is 48.5 Å². The summed E-state index contributed by atoms with van der Waals surface area (Å²) in [5.41, 5.74) is 5.23. The molecule has 45 heavy (non-hydrogen) atoms. The molecule has 3 aromatic rings. The Labute approximate surface area is 275 Å². The molecule has 0 amide bonds. The second kappa shape index (κ2) is 22.6. The molecule has 0 aliphatic carbocycles. The maximum atomic E-state index is 12.7. The van der Waals surface area contributed by atoms with Gasteiger partial charge in [0.25, 0.3) is 0 Å². The number of ether oxygens (including phenoxy) is 2. The molecule has 0 bridgehead atoms. The summed E-state index contributed by atoms with van der Waals surface area (Å²) in [4.78, 5) is 12.7. The molecule has 0 saturated heterocycles. The van der Waals surface area contributed by atoms with Crippen molar-refractivity contribution in [3.63, 3.8) is 0 Å². The van der Waals surface area contributed by atoms with Crippen LogP contribution in [0.4, 0.5) is 0 Å². The minimum Gasteiger partial charge on any atom is -0.423 e. The second-order valence-corrected chi connectivity index (χ2v) is 12.8. The molecule has 0 heterocycles. The molecule has 0 N–H and O–H groups in total. The first-order chi connectivity index (χ1) is 22.1. The van der Waals surface area contributed by atoms with Crippen molar-refractivity contribution in [2.75, 3.05) is 6.61 Å². The lowest BCUT2D eigenvalue weighted by Crippen LogP contribution is -2.08. The molecule has 1 unspecified atom stereocenters. The molecule has 3 heteroatoms. The number of rotatable bonds is 24.